The molecule has 0 aromatic rings. The molecule has 1 unspecified atom stereocenters. The molecule has 0 aliphatic heterocycles. The quantitative estimate of drug-likeness (QED) is 0.554. The molecule has 84 valence electrons. The molecule has 0 saturated heterocycles. The lowest BCUT2D eigenvalue weighted by atomic mass is 10.4. The zero-order valence-electron chi connectivity index (χ0n) is 7.98. The van der Waals surface area contributed by atoms with Crippen molar-refractivity contribution in [2.45, 2.75) is 19.9 Å². The molecule has 14 heavy (non-hydrogen) atoms. The summed E-state index contributed by atoms with van der Waals surface area (Å²) >= 11 is 0. The van der Waals surface area contributed by atoms with E-state index in [1.54, 1.807) is 11.6 Å². The molecule has 0 aromatic heterocycles. The minimum absolute atomic E-state index is 0.0803. The van der Waals surface area contributed by atoms with Crippen LogP contribution in [0.1, 0.15) is 13.8 Å². The third kappa shape index (κ3) is 5.73. The summed E-state index contributed by atoms with van der Waals surface area (Å²) in [5.74, 6) is 0. The summed E-state index contributed by atoms with van der Waals surface area (Å²) in [6.07, 6.45) is -1.05. The maximum Gasteiger partial charge on any atom is 0.421 e. The number of amides is 1. The molecule has 0 radical (unpaired) electrons. The molecule has 0 aliphatic carbocycles. The monoisotopic (exact) mass is 226 g/mol. The van der Waals surface area contributed by atoms with Crippen LogP contribution in [0.5, 0.6) is 0 Å². The third-order valence-electron chi connectivity index (χ3n) is 1.12. The van der Waals surface area contributed by atoms with E-state index in [0.717, 1.165) is 0 Å². The Kier molecular flexibility index (Phi) is 5.43. The zero-order valence-corrected chi connectivity index (χ0v) is 8.80. The van der Waals surface area contributed by atoms with E-state index in [1.807, 2.05) is 4.72 Å². The van der Waals surface area contributed by atoms with Gasteiger partial charge in [-0.25, -0.2) is 9.52 Å². The summed E-state index contributed by atoms with van der Waals surface area (Å²) < 4.78 is 30.1. The van der Waals surface area contributed by atoms with E-state index < -0.39 is 22.3 Å². The van der Waals surface area contributed by atoms with Crippen molar-refractivity contribution in [3.63, 3.8) is 0 Å². The van der Waals surface area contributed by atoms with Gasteiger partial charge in [0, 0.05) is 6.04 Å². The second kappa shape index (κ2) is 5.78. The fourth-order valence-corrected chi connectivity index (χ4v) is 1.54. The predicted molar refractivity (Wildman–Crippen MR) is 48.8 cm³/mol. The van der Waals surface area contributed by atoms with Gasteiger partial charge in [-0.2, -0.15) is 13.1 Å². The normalized spacial score (nSPS) is 13.4. The van der Waals surface area contributed by atoms with Crippen molar-refractivity contribution in [3.8, 4) is 0 Å². The van der Waals surface area contributed by atoms with Crippen LogP contribution in [0.4, 0.5) is 4.79 Å². The second-order valence-electron chi connectivity index (χ2n) is 2.53. The van der Waals surface area contributed by atoms with Crippen LogP contribution in [0.2, 0.25) is 0 Å². The summed E-state index contributed by atoms with van der Waals surface area (Å²) in [5, 5.41) is 8.56. The standard InChI is InChI=1S/C6H14N2O5S/c1-3-13-6(10)8-14(11,12)7-5(2)4-9/h5,7,9H,3-4H2,1-2H3,(H,8,10). The molecule has 1 amide bonds. The molecule has 8 heteroatoms. The van der Waals surface area contributed by atoms with E-state index in [0.29, 0.717) is 0 Å². The zero-order chi connectivity index (χ0) is 11.2. The molecule has 0 spiro atoms. The van der Waals surface area contributed by atoms with Gasteiger partial charge in [-0.1, -0.05) is 0 Å². The van der Waals surface area contributed by atoms with Crippen molar-refractivity contribution in [1.82, 2.24) is 9.44 Å². The first-order valence-corrected chi connectivity index (χ1v) is 5.47. The van der Waals surface area contributed by atoms with Crippen LogP contribution in [0, 0.1) is 0 Å². The van der Waals surface area contributed by atoms with Crippen molar-refractivity contribution in [1.29, 1.82) is 0 Å². The SMILES string of the molecule is CCOC(=O)NS(=O)(=O)NC(C)CO. The van der Waals surface area contributed by atoms with Crippen molar-refractivity contribution in [3.05, 3.63) is 0 Å². The average molecular weight is 226 g/mol. The van der Waals surface area contributed by atoms with Gasteiger partial charge in [-0.05, 0) is 13.8 Å². The van der Waals surface area contributed by atoms with Crippen LogP contribution in [0.3, 0.4) is 0 Å². The van der Waals surface area contributed by atoms with E-state index in [-0.39, 0.29) is 13.2 Å². The second-order valence-corrected chi connectivity index (χ2v) is 3.97. The van der Waals surface area contributed by atoms with Crippen molar-refractivity contribution >= 4 is 16.3 Å². The maximum atomic E-state index is 11.1. The Hall–Kier alpha value is -0.860. The highest BCUT2D eigenvalue weighted by molar-refractivity contribution is 7.88. The minimum Gasteiger partial charge on any atom is -0.449 e. The van der Waals surface area contributed by atoms with E-state index in [4.69, 9.17) is 5.11 Å². The van der Waals surface area contributed by atoms with E-state index >= 15 is 0 Å². The van der Waals surface area contributed by atoms with E-state index in [9.17, 15) is 13.2 Å². The summed E-state index contributed by atoms with van der Waals surface area (Å²) in [4.78, 5) is 10.7. The Morgan fingerprint density at radius 3 is 2.57 bits per heavy atom. The molecule has 0 fully saturated rings. The lowest BCUT2D eigenvalue weighted by molar-refractivity contribution is 0.158. The van der Waals surface area contributed by atoms with Crippen molar-refractivity contribution < 1.29 is 23.1 Å². The van der Waals surface area contributed by atoms with Gasteiger partial charge < -0.3 is 9.84 Å². The molecule has 0 aliphatic rings. The first kappa shape index (κ1) is 13.1. The lowest BCUT2D eigenvalue weighted by Crippen LogP contribution is -2.45. The Labute approximate surface area is 82.6 Å². The number of rotatable bonds is 5. The fourth-order valence-electron chi connectivity index (χ4n) is 0.602. The third-order valence-corrected chi connectivity index (χ3v) is 2.27. The highest BCUT2D eigenvalue weighted by Gasteiger charge is 2.16. The molecule has 0 bridgehead atoms. The number of aliphatic hydroxyl groups excluding tert-OH is 1. The van der Waals surface area contributed by atoms with Gasteiger partial charge in [0.2, 0.25) is 0 Å². The topological polar surface area (TPSA) is 105 Å². The molecular weight excluding hydrogens is 212 g/mol. The number of carbonyl (C=O) groups is 1. The van der Waals surface area contributed by atoms with Crippen LogP contribution in [0.15, 0.2) is 0 Å². The van der Waals surface area contributed by atoms with Crippen LogP contribution in [-0.4, -0.2) is 38.9 Å². The molecule has 0 rings (SSSR count). The number of hydrogen-bond acceptors (Lipinski definition) is 5. The molecule has 0 aromatic carbocycles. The van der Waals surface area contributed by atoms with Crippen molar-refractivity contribution in [2.75, 3.05) is 13.2 Å². The summed E-state index contributed by atoms with van der Waals surface area (Å²) in [6.45, 7) is 2.72. The highest BCUT2D eigenvalue weighted by Crippen LogP contribution is 1.86. The lowest BCUT2D eigenvalue weighted by Gasteiger charge is -2.11. The Morgan fingerprint density at radius 2 is 2.14 bits per heavy atom. The summed E-state index contributed by atoms with van der Waals surface area (Å²) in [5.41, 5.74) is 0. The first-order chi connectivity index (χ1) is 6.41. The predicted octanol–water partition coefficient (Wildman–Crippen LogP) is -1.05. The molecular formula is C6H14N2O5S. The average Bonchev–Trinajstić information content (AvgIpc) is 2.02. The smallest absolute Gasteiger partial charge is 0.421 e. The van der Waals surface area contributed by atoms with Gasteiger partial charge in [-0.3, -0.25) is 0 Å². The van der Waals surface area contributed by atoms with Gasteiger partial charge in [0.1, 0.15) is 0 Å². The minimum atomic E-state index is -3.95. The Balaban J connectivity index is 4.14. The maximum absolute atomic E-state index is 11.1. The molecule has 0 saturated carbocycles. The molecule has 0 heterocycles. The number of aliphatic hydroxyl groups is 1. The Bertz CT molecular complexity index is 276. The molecule has 7 nitrogen and oxygen atoms in total. The summed E-state index contributed by atoms with van der Waals surface area (Å²) in [7, 11) is -3.95. The van der Waals surface area contributed by atoms with E-state index in [1.165, 1.54) is 6.92 Å². The van der Waals surface area contributed by atoms with E-state index in [2.05, 4.69) is 4.74 Å². The fraction of sp³-hybridized carbons (Fsp3) is 0.833. The summed E-state index contributed by atoms with van der Waals surface area (Å²) in [6, 6.07) is -0.665. The van der Waals surface area contributed by atoms with Gasteiger partial charge in [0.25, 0.3) is 0 Å². The van der Waals surface area contributed by atoms with Gasteiger partial charge in [0.15, 0.2) is 0 Å². The van der Waals surface area contributed by atoms with Gasteiger partial charge >= 0.3 is 16.3 Å². The number of hydrogen-bond donors (Lipinski definition) is 3. The molecule has 3 N–H and O–H groups in total. The van der Waals surface area contributed by atoms with Crippen LogP contribution < -0.4 is 9.44 Å². The first-order valence-electron chi connectivity index (χ1n) is 3.99. The largest absolute Gasteiger partial charge is 0.449 e. The number of nitrogens with one attached hydrogen (secondary N) is 2. The molecule has 1 atom stereocenters. The van der Waals surface area contributed by atoms with Gasteiger partial charge in [-0.15, -0.1) is 0 Å². The number of carbonyl (C=O) groups excluding carboxylic acids is 1. The van der Waals surface area contributed by atoms with Crippen LogP contribution in [-0.2, 0) is 14.9 Å². The Morgan fingerprint density at radius 1 is 1.57 bits per heavy atom. The van der Waals surface area contributed by atoms with Crippen LogP contribution >= 0.6 is 0 Å². The van der Waals surface area contributed by atoms with Crippen molar-refractivity contribution in [2.24, 2.45) is 0 Å². The van der Waals surface area contributed by atoms with Crippen LogP contribution in [0.25, 0.3) is 0 Å². The number of ether oxygens (including phenoxy) is 1. The van der Waals surface area contributed by atoms with Gasteiger partial charge in [0.05, 0.1) is 13.2 Å². The highest BCUT2D eigenvalue weighted by atomic mass is 32.2.